The summed E-state index contributed by atoms with van der Waals surface area (Å²) in [6, 6.07) is 13.7. The SMILES string of the molecule is CC[C@@H](Br)c1nc2cccc(F)c2c(=O)n1-c1ccccc1. The molecule has 0 aliphatic carbocycles. The molecule has 3 aromatic rings. The van der Waals surface area contributed by atoms with Gasteiger partial charge in [-0.2, -0.15) is 0 Å². The fourth-order valence-electron chi connectivity index (χ4n) is 2.43. The van der Waals surface area contributed by atoms with Gasteiger partial charge in [-0.05, 0) is 30.7 Å². The zero-order chi connectivity index (χ0) is 15.7. The third kappa shape index (κ3) is 2.46. The van der Waals surface area contributed by atoms with E-state index in [4.69, 9.17) is 0 Å². The molecule has 0 spiro atoms. The normalized spacial score (nSPS) is 12.5. The van der Waals surface area contributed by atoms with Crippen molar-refractivity contribution in [3.8, 4) is 5.69 Å². The Morgan fingerprint density at radius 1 is 1.18 bits per heavy atom. The Bertz CT molecular complexity index is 877. The summed E-state index contributed by atoms with van der Waals surface area (Å²) in [5.74, 6) is 0.0330. The molecular formula is C17H14BrFN2O. The average Bonchev–Trinajstić information content (AvgIpc) is 2.54. The van der Waals surface area contributed by atoms with E-state index in [0.717, 1.165) is 6.42 Å². The van der Waals surface area contributed by atoms with E-state index in [1.807, 2.05) is 37.3 Å². The number of hydrogen-bond donors (Lipinski definition) is 0. The summed E-state index contributed by atoms with van der Waals surface area (Å²) in [4.78, 5) is 17.3. The van der Waals surface area contributed by atoms with Gasteiger partial charge in [-0.1, -0.05) is 47.1 Å². The average molecular weight is 361 g/mol. The Morgan fingerprint density at radius 3 is 2.59 bits per heavy atom. The lowest BCUT2D eigenvalue weighted by Gasteiger charge is -2.16. The predicted molar refractivity (Wildman–Crippen MR) is 89.3 cm³/mol. The van der Waals surface area contributed by atoms with Crippen LogP contribution in [0.2, 0.25) is 0 Å². The van der Waals surface area contributed by atoms with Crippen LogP contribution >= 0.6 is 15.9 Å². The van der Waals surface area contributed by atoms with Crippen molar-refractivity contribution in [1.82, 2.24) is 9.55 Å². The monoisotopic (exact) mass is 360 g/mol. The first-order valence-corrected chi connectivity index (χ1v) is 7.95. The molecule has 0 aliphatic rings. The molecule has 0 fully saturated rings. The molecule has 1 heterocycles. The van der Waals surface area contributed by atoms with Gasteiger partial charge in [0.15, 0.2) is 0 Å². The zero-order valence-corrected chi connectivity index (χ0v) is 13.5. The van der Waals surface area contributed by atoms with Gasteiger partial charge < -0.3 is 0 Å². The molecule has 0 bridgehead atoms. The fraction of sp³-hybridized carbons (Fsp3) is 0.176. The van der Waals surface area contributed by atoms with E-state index in [9.17, 15) is 9.18 Å². The molecule has 0 radical (unpaired) electrons. The lowest BCUT2D eigenvalue weighted by atomic mass is 10.2. The summed E-state index contributed by atoms with van der Waals surface area (Å²) < 4.78 is 15.6. The van der Waals surface area contributed by atoms with Gasteiger partial charge in [0.05, 0.1) is 16.0 Å². The second-order valence-corrected chi connectivity index (χ2v) is 6.06. The van der Waals surface area contributed by atoms with Gasteiger partial charge in [0.1, 0.15) is 17.0 Å². The molecule has 1 atom stereocenters. The lowest BCUT2D eigenvalue weighted by Crippen LogP contribution is -2.25. The highest BCUT2D eigenvalue weighted by Crippen LogP contribution is 2.27. The van der Waals surface area contributed by atoms with Crippen molar-refractivity contribution in [1.29, 1.82) is 0 Å². The standard InChI is InChI=1S/C17H14BrFN2O/c1-2-12(18)16-20-14-10-6-9-13(19)15(14)17(22)21(16)11-7-4-3-5-8-11/h3-10,12H,2H2,1H3/t12-/m1/s1. The van der Waals surface area contributed by atoms with E-state index >= 15 is 0 Å². The Labute approximate surface area is 135 Å². The topological polar surface area (TPSA) is 34.9 Å². The molecule has 1 aromatic heterocycles. The van der Waals surface area contributed by atoms with Gasteiger partial charge in [-0.15, -0.1) is 0 Å². The van der Waals surface area contributed by atoms with Crippen LogP contribution in [0.5, 0.6) is 0 Å². The van der Waals surface area contributed by atoms with Crippen LogP contribution in [0.15, 0.2) is 53.3 Å². The summed E-state index contributed by atoms with van der Waals surface area (Å²) in [5, 5.41) is 0.0194. The molecule has 0 saturated heterocycles. The Hall–Kier alpha value is -2.01. The highest BCUT2D eigenvalue weighted by Gasteiger charge is 2.19. The van der Waals surface area contributed by atoms with Crippen LogP contribution in [0.1, 0.15) is 24.0 Å². The highest BCUT2D eigenvalue weighted by atomic mass is 79.9. The van der Waals surface area contributed by atoms with Crippen molar-refractivity contribution in [3.05, 3.63) is 70.5 Å². The maximum Gasteiger partial charge on any atom is 0.268 e. The van der Waals surface area contributed by atoms with E-state index < -0.39 is 5.82 Å². The van der Waals surface area contributed by atoms with Crippen molar-refractivity contribution < 1.29 is 4.39 Å². The van der Waals surface area contributed by atoms with E-state index in [1.165, 1.54) is 10.6 Å². The zero-order valence-electron chi connectivity index (χ0n) is 12.0. The number of halogens is 2. The minimum atomic E-state index is -0.547. The number of rotatable bonds is 3. The lowest BCUT2D eigenvalue weighted by molar-refractivity contribution is 0.636. The Kier molecular flexibility index (Phi) is 4.07. The van der Waals surface area contributed by atoms with Gasteiger partial charge in [-0.25, -0.2) is 9.37 Å². The number of nitrogens with zero attached hydrogens (tertiary/aromatic N) is 2. The van der Waals surface area contributed by atoms with Crippen LogP contribution in [0, 0.1) is 5.82 Å². The third-order valence-electron chi connectivity index (χ3n) is 3.53. The molecule has 3 nitrogen and oxygen atoms in total. The molecule has 0 N–H and O–H groups in total. The fourth-order valence-corrected chi connectivity index (χ4v) is 2.73. The summed E-state index contributed by atoms with van der Waals surface area (Å²) in [5.41, 5.74) is 0.672. The van der Waals surface area contributed by atoms with Gasteiger partial charge in [0, 0.05) is 0 Å². The highest BCUT2D eigenvalue weighted by molar-refractivity contribution is 9.09. The first-order chi connectivity index (χ1) is 10.6. The van der Waals surface area contributed by atoms with Crippen LogP contribution in [-0.2, 0) is 0 Å². The summed E-state index contributed by atoms with van der Waals surface area (Å²) in [6.07, 6.45) is 0.764. The van der Waals surface area contributed by atoms with E-state index in [-0.39, 0.29) is 15.8 Å². The molecule has 22 heavy (non-hydrogen) atoms. The van der Waals surface area contributed by atoms with E-state index in [0.29, 0.717) is 17.0 Å². The van der Waals surface area contributed by atoms with Gasteiger partial charge in [-0.3, -0.25) is 9.36 Å². The molecular weight excluding hydrogens is 347 g/mol. The number of hydrogen-bond acceptors (Lipinski definition) is 2. The molecule has 5 heteroatoms. The largest absolute Gasteiger partial charge is 0.268 e. The third-order valence-corrected chi connectivity index (χ3v) is 4.58. The van der Waals surface area contributed by atoms with Crippen molar-refractivity contribution in [2.45, 2.75) is 18.2 Å². The molecule has 0 saturated carbocycles. The molecule has 0 unspecified atom stereocenters. The number of benzene rings is 2. The van der Waals surface area contributed by atoms with Crippen LogP contribution in [0.3, 0.4) is 0 Å². The summed E-state index contributed by atoms with van der Waals surface area (Å²) in [6.45, 7) is 2.00. The second-order valence-electron chi connectivity index (χ2n) is 4.96. The minimum absolute atomic E-state index is 0.0194. The number of alkyl halides is 1. The van der Waals surface area contributed by atoms with Crippen LogP contribution < -0.4 is 5.56 Å². The number of fused-ring (bicyclic) bond motifs is 1. The maximum absolute atomic E-state index is 14.1. The van der Waals surface area contributed by atoms with Crippen molar-refractivity contribution >= 4 is 26.8 Å². The smallest absolute Gasteiger partial charge is 0.268 e. The number of aromatic nitrogens is 2. The molecule has 2 aromatic carbocycles. The molecule has 3 rings (SSSR count). The Morgan fingerprint density at radius 2 is 1.91 bits per heavy atom. The molecule has 0 aliphatic heterocycles. The molecule has 0 amide bonds. The van der Waals surface area contributed by atoms with Crippen LogP contribution in [0.25, 0.3) is 16.6 Å². The van der Waals surface area contributed by atoms with Crippen molar-refractivity contribution in [2.24, 2.45) is 0 Å². The van der Waals surface area contributed by atoms with Gasteiger partial charge in [0.2, 0.25) is 0 Å². The Balaban J connectivity index is 2.44. The number of para-hydroxylation sites is 1. The summed E-state index contributed by atoms with van der Waals surface area (Å²) >= 11 is 3.56. The van der Waals surface area contributed by atoms with Gasteiger partial charge >= 0.3 is 0 Å². The van der Waals surface area contributed by atoms with Gasteiger partial charge in [0.25, 0.3) is 5.56 Å². The van der Waals surface area contributed by atoms with Crippen LogP contribution in [-0.4, -0.2) is 9.55 Å². The van der Waals surface area contributed by atoms with E-state index in [1.54, 1.807) is 12.1 Å². The van der Waals surface area contributed by atoms with Crippen molar-refractivity contribution in [2.75, 3.05) is 0 Å². The molecule has 112 valence electrons. The second kappa shape index (κ2) is 6.01. The first kappa shape index (κ1) is 14.9. The maximum atomic E-state index is 14.1. The predicted octanol–water partition coefficient (Wildman–Crippen LogP) is 4.37. The van der Waals surface area contributed by atoms with Crippen molar-refractivity contribution in [3.63, 3.8) is 0 Å². The minimum Gasteiger partial charge on any atom is -0.268 e. The quantitative estimate of drug-likeness (QED) is 0.650. The van der Waals surface area contributed by atoms with Crippen LogP contribution in [0.4, 0.5) is 4.39 Å². The summed E-state index contributed by atoms with van der Waals surface area (Å²) in [7, 11) is 0. The van der Waals surface area contributed by atoms with E-state index in [2.05, 4.69) is 20.9 Å². The first-order valence-electron chi connectivity index (χ1n) is 7.04.